The maximum Gasteiger partial charge on any atom is 0.132 e. The highest BCUT2D eigenvalue weighted by molar-refractivity contribution is 5.42. The molecule has 0 radical (unpaired) electrons. The largest absolute Gasteiger partial charge is 0.378 e. The normalized spacial score (nSPS) is 24.3. The molecule has 2 unspecified atom stereocenters. The lowest BCUT2D eigenvalue weighted by molar-refractivity contribution is -0.104. The van der Waals surface area contributed by atoms with Crippen molar-refractivity contribution in [3.05, 3.63) is 17.6 Å². The van der Waals surface area contributed by atoms with E-state index in [1.807, 2.05) is 6.92 Å². The van der Waals surface area contributed by atoms with Crippen LogP contribution in [0.3, 0.4) is 0 Å². The molecule has 2 atom stereocenters. The lowest BCUT2D eigenvalue weighted by Crippen LogP contribution is -2.61. The Morgan fingerprint density at radius 1 is 1.35 bits per heavy atom. The molecular formula is C16H27N3O. The van der Waals surface area contributed by atoms with E-state index in [1.165, 1.54) is 0 Å². The Hall–Kier alpha value is -1.16. The molecule has 1 aromatic heterocycles. The van der Waals surface area contributed by atoms with Crippen molar-refractivity contribution < 1.29 is 4.74 Å². The summed E-state index contributed by atoms with van der Waals surface area (Å²) < 4.78 is 5.82. The summed E-state index contributed by atoms with van der Waals surface area (Å²) in [5.74, 6) is 1.88. The first-order chi connectivity index (χ1) is 9.40. The first kappa shape index (κ1) is 15.2. The minimum absolute atomic E-state index is 0.163. The van der Waals surface area contributed by atoms with Gasteiger partial charge in [0, 0.05) is 36.9 Å². The molecule has 2 rings (SSSR count). The summed E-state index contributed by atoms with van der Waals surface area (Å²) in [5.41, 5.74) is 1.27. The Balaban J connectivity index is 2.16. The smallest absolute Gasteiger partial charge is 0.132 e. The molecule has 0 saturated heterocycles. The highest BCUT2D eigenvalue weighted by atomic mass is 16.5. The second-order valence-corrected chi connectivity index (χ2v) is 6.25. The molecule has 1 heterocycles. The number of nitrogens with zero attached hydrogens (tertiary/aromatic N) is 3. The second-order valence-electron chi connectivity index (χ2n) is 6.25. The maximum atomic E-state index is 5.82. The van der Waals surface area contributed by atoms with Crippen molar-refractivity contribution in [3.8, 4) is 0 Å². The molecule has 0 spiro atoms. The van der Waals surface area contributed by atoms with E-state index < -0.39 is 0 Å². The summed E-state index contributed by atoms with van der Waals surface area (Å²) in [5, 5.41) is 0. The molecule has 20 heavy (non-hydrogen) atoms. The van der Waals surface area contributed by atoms with Gasteiger partial charge >= 0.3 is 0 Å². The zero-order valence-corrected chi connectivity index (χ0v) is 13.6. The predicted molar refractivity (Wildman–Crippen MR) is 82.2 cm³/mol. The zero-order chi connectivity index (χ0) is 14.9. The van der Waals surface area contributed by atoms with Gasteiger partial charge in [-0.1, -0.05) is 20.8 Å². The van der Waals surface area contributed by atoms with Crippen LogP contribution in [0.25, 0.3) is 0 Å². The van der Waals surface area contributed by atoms with Gasteiger partial charge in [-0.3, -0.25) is 0 Å². The van der Waals surface area contributed by atoms with Gasteiger partial charge in [0.1, 0.15) is 11.6 Å². The van der Waals surface area contributed by atoms with Crippen LogP contribution in [-0.2, 0) is 11.2 Å². The van der Waals surface area contributed by atoms with Crippen LogP contribution in [0.5, 0.6) is 0 Å². The fourth-order valence-electron chi connectivity index (χ4n) is 3.14. The van der Waals surface area contributed by atoms with Gasteiger partial charge in [-0.2, -0.15) is 0 Å². The number of anilines is 1. The summed E-state index contributed by atoms with van der Waals surface area (Å²) in [7, 11) is 2.13. The summed E-state index contributed by atoms with van der Waals surface area (Å²) in [6.07, 6.45) is 2.37. The van der Waals surface area contributed by atoms with E-state index in [-0.39, 0.29) is 5.41 Å². The minimum Gasteiger partial charge on any atom is -0.378 e. The number of rotatable bonds is 5. The maximum absolute atomic E-state index is 5.82. The quantitative estimate of drug-likeness (QED) is 0.829. The van der Waals surface area contributed by atoms with Crippen molar-refractivity contribution >= 4 is 5.82 Å². The molecule has 0 amide bonds. The first-order valence-corrected chi connectivity index (χ1v) is 7.59. The van der Waals surface area contributed by atoms with Crippen LogP contribution in [0.4, 0.5) is 5.82 Å². The van der Waals surface area contributed by atoms with E-state index >= 15 is 0 Å². The third-order valence-corrected chi connectivity index (χ3v) is 4.56. The molecule has 0 N–H and O–H groups in total. The molecule has 4 heteroatoms. The van der Waals surface area contributed by atoms with E-state index in [1.54, 1.807) is 0 Å². The molecule has 1 aliphatic carbocycles. The molecule has 1 fully saturated rings. The third-order valence-electron chi connectivity index (χ3n) is 4.56. The van der Waals surface area contributed by atoms with Crippen LogP contribution in [0.2, 0.25) is 0 Å². The van der Waals surface area contributed by atoms with Gasteiger partial charge in [-0.05, 0) is 26.7 Å². The van der Waals surface area contributed by atoms with Crippen LogP contribution < -0.4 is 4.90 Å². The molecule has 4 nitrogen and oxygen atoms in total. The van der Waals surface area contributed by atoms with Crippen molar-refractivity contribution in [2.24, 2.45) is 5.41 Å². The van der Waals surface area contributed by atoms with E-state index in [2.05, 4.69) is 55.7 Å². The molecule has 112 valence electrons. The summed E-state index contributed by atoms with van der Waals surface area (Å²) in [4.78, 5) is 11.3. The second kappa shape index (κ2) is 5.68. The van der Waals surface area contributed by atoms with E-state index in [0.717, 1.165) is 36.8 Å². The highest BCUT2D eigenvalue weighted by Crippen LogP contribution is 2.46. The number of hydrogen-bond acceptors (Lipinski definition) is 4. The van der Waals surface area contributed by atoms with Crippen LogP contribution in [0.15, 0.2) is 6.07 Å². The fraction of sp³-hybridized carbons (Fsp3) is 0.750. The predicted octanol–water partition coefficient (Wildman–Crippen LogP) is 2.99. The topological polar surface area (TPSA) is 38.2 Å². The third kappa shape index (κ3) is 2.66. The molecule has 0 aromatic carbocycles. The van der Waals surface area contributed by atoms with Crippen molar-refractivity contribution in [3.63, 3.8) is 0 Å². The lowest BCUT2D eigenvalue weighted by atomic mass is 9.64. The summed E-state index contributed by atoms with van der Waals surface area (Å²) in [6, 6.07) is 2.58. The van der Waals surface area contributed by atoms with E-state index in [0.29, 0.717) is 12.1 Å². The Kier molecular flexibility index (Phi) is 4.33. The first-order valence-electron chi connectivity index (χ1n) is 7.59. The average Bonchev–Trinajstić information content (AvgIpc) is 2.41. The summed E-state index contributed by atoms with van der Waals surface area (Å²) >= 11 is 0. The number of ether oxygens (including phenoxy) is 1. The van der Waals surface area contributed by atoms with Crippen molar-refractivity contribution in [1.29, 1.82) is 0 Å². The van der Waals surface area contributed by atoms with Crippen molar-refractivity contribution in [2.45, 2.75) is 59.6 Å². The Morgan fingerprint density at radius 2 is 2.05 bits per heavy atom. The average molecular weight is 277 g/mol. The van der Waals surface area contributed by atoms with Gasteiger partial charge in [0.15, 0.2) is 0 Å². The zero-order valence-electron chi connectivity index (χ0n) is 13.6. The van der Waals surface area contributed by atoms with Crippen LogP contribution in [0.1, 0.15) is 45.6 Å². The van der Waals surface area contributed by atoms with E-state index in [9.17, 15) is 0 Å². The minimum atomic E-state index is 0.163. The van der Waals surface area contributed by atoms with Gasteiger partial charge in [0.25, 0.3) is 0 Å². The SMILES string of the molecule is CCOC1CC(N(C)c2cc(CC)nc(C)n2)C1(C)C. The number of hydrogen-bond donors (Lipinski definition) is 0. The van der Waals surface area contributed by atoms with Gasteiger partial charge in [0.05, 0.1) is 6.10 Å². The van der Waals surface area contributed by atoms with Crippen LogP contribution in [0, 0.1) is 12.3 Å². The van der Waals surface area contributed by atoms with Gasteiger partial charge in [0.2, 0.25) is 0 Å². The molecular weight excluding hydrogens is 250 g/mol. The van der Waals surface area contributed by atoms with Crippen LogP contribution >= 0.6 is 0 Å². The fourth-order valence-corrected chi connectivity index (χ4v) is 3.14. The van der Waals surface area contributed by atoms with Gasteiger partial charge in [-0.25, -0.2) is 9.97 Å². The molecule has 0 bridgehead atoms. The summed E-state index contributed by atoms with van der Waals surface area (Å²) in [6.45, 7) is 11.5. The Morgan fingerprint density at radius 3 is 2.60 bits per heavy atom. The number of aromatic nitrogens is 2. The Bertz CT molecular complexity index is 473. The Labute approximate surface area is 122 Å². The molecule has 1 saturated carbocycles. The lowest BCUT2D eigenvalue weighted by Gasteiger charge is -2.55. The van der Waals surface area contributed by atoms with Crippen molar-refractivity contribution in [1.82, 2.24) is 9.97 Å². The molecule has 1 aromatic rings. The standard InChI is InChI=1S/C16H27N3O/c1-7-12-9-15(18-11(3)17-12)19(6)13-10-14(20-8-2)16(13,4)5/h9,13-14H,7-8,10H2,1-6H3. The molecule has 1 aliphatic rings. The van der Waals surface area contributed by atoms with Gasteiger partial charge < -0.3 is 9.64 Å². The number of aryl methyl sites for hydroxylation is 2. The van der Waals surface area contributed by atoms with E-state index in [4.69, 9.17) is 4.74 Å². The highest BCUT2D eigenvalue weighted by Gasteiger charge is 2.51. The molecule has 0 aliphatic heterocycles. The van der Waals surface area contributed by atoms with Gasteiger partial charge in [-0.15, -0.1) is 0 Å². The van der Waals surface area contributed by atoms with Crippen molar-refractivity contribution in [2.75, 3.05) is 18.6 Å². The van der Waals surface area contributed by atoms with Crippen LogP contribution in [-0.4, -0.2) is 35.8 Å². The monoisotopic (exact) mass is 277 g/mol.